The molecule has 57 heavy (non-hydrogen) atoms. The Labute approximate surface area is 328 Å². The topological polar surface area (TPSA) is 144 Å². The summed E-state index contributed by atoms with van der Waals surface area (Å²) in [6.45, 7) is 1.44. The Morgan fingerprint density at radius 1 is 0.596 bits per heavy atom. The quantitative estimate of drug-likeness (QED) is 0.165. The zero-order chi connectivity index (χ0) is 40.6. The van der Waals surface area contributed by atoms with Crippen LogP contribution in [0.5, 0.6) is 0 Å². The van der Waals surface area contributed by atoms with Crippen molar-refractivity contribution in [1.29, 1.82) is 0 Å². The van der Waals surface area contributed by atoms with Crippen molar-refractivity contribution >= 4 is 17.7 Å². The van der Waals surface area contributed by atoms with E-state index in [0.29, 0.717) is 28.8 Å². The van der Waals surface area contributed by atoms with Crippen molar-refractivity contribution in [1.82, 2.24) is 33.6 Å². The Morgan fingerprint density at radius 3 is 1.67 bits per heavy atom. The highest BCUT2D eigenvalue weighted by atomic mass is 16.2. The number of carbonyl (C=O) groups excluding carboxylic acids is 3. The molecule has 0 spiro atoms. The van der Waals surface area contributed by atoms with Crippen LogP contribution in [-0.4, -0.2) is 79.5 Å². The Morgan fingerprint density at radius 2 is 1.12 bits per heavy atom. The van der Waals surface area contributed by atoms with Crippen molar-refractivity contribution < 1.29 is 19.0 Å². The highest BCUT2D eigenvalue weighted by Gasteiger charge is 2.17. The number of nitrogens with zero attached hydrogens (tertiary/aromatic N) is 8. The second-order valence-corrected chi connectivity index (χ2v) is 14.1. The molecule has 3 aromatic carbocycles. The Bertz CT molecular complexity index is 2560. The molecule has 3 amide bonds. The van der Waals surface area contributed by atoms with Crippen molar-refractivity contribution in [2.24, 2.45) is 0 Å². The molecule has 0 aliphatic rings. The van der Waals surface area contributed by atoms with Gasteiger partial charge in [0.25, 0.3) is 23.3 Å². The lowest BCUT2D eigenvalue weighted by Crippen LogP contribution is -2.47. The van der Waals surface area contributed by atoms with E-state index in [-0.39, 0.29) is 60.6 Å². The first kappa shape index (κ1) is 39.5. The second kappa shape index (κ2) is 17.5. The van der Waals surface area contributed by atoms with E-state index in [1.165, 1.54) is 43.8 Å². The first-order valence-corrected chi connectivity index (χ1v) is 18.1. The molecule has 0 saturated carbocycles. The van der Waals surface area contributed by atoms with E-state index in [4.69, 9.17) is 0 Å². The number of rotatable bonds is 13. The number of aromatic nitrogens is 5. The largest absolute Gasteiger partial charge is 0.350 e. The SMILES string of the molecule is CN(C)C(=O)c1ccc(Cn2ncc(CN(C)C(=O)c3ccc(Cn4cc[n+](CN(C)C(=O)c5ccc(Cn6ccc(=O)cc6)cc5)cc4=O)cc3)cc2=O)cc1. The van der Waals surface area contributed by atoms with Gasteiger partial charge in [-0.2, -0.15) is 9.67 Å². The lowest BCUT2D eigenvalue weighted by molar-refractivity contribution is -0.713. The summed E-state index contributed by atoms with van der Waals surface area (Å²) >= 11 is 0. The van der Waals surface area contributed by atoms with Crippen LogP contribution >= 0.6 is 0 Å². The van der Waals surface area contributed by atoms with Crippen LogP contribution in [0.15, 0.2) is 143 Å². The van der Waals surface area contributed by atoms with Gasteiger partial charge in [0, 0.05) is 88.6 Å². The third kappa shape index (κ3) is 10.1. The van der Waals surface area contributed by atoms with Crippen LogP contribution in [0.3, 0.4) is 0 Å². The maximum absolute atomic E-state index is 13.2. The fourth-order valence-electron chi connectivity index (χ4n) is 6.14. The van der Waals surface area contributed by atoms with Gasteiger partial charge in [-0.05, 0) is 58.7 Å². The van der Waals surface area contributed by atoms with Crippen LogP contribution in [0.1, 0.15) is 53.3 Å². The molecule has 14 heteroatoms. The molecule has 0 aliphatic carbocycles. The molecular weight excluding hydrogens is 725 g/mol. The molecule has 14 nitrogen and oxygen atoms in total. The fraction of sp³-hybridized carbons (Fsp3) is 0.209. The maximum atomic E-state index is 13.2. The van der Waals surface area contributed by atoms with Gasteiger partial charge in [-0.25, -0.2) is 4.68 Å². The molecule has 0 aliphatic heterocycles. The van der Waals surface area contributed by atoms with Gasteiger partial charge in [0.1, 0.15) is 0 Å². The lowest BCUT2D eigenvalue weighted by Gasteiger charge is -2.18. The average Bonchev–Trinajstić information content (AvgIpc) is 3.20. The fourth-order valence-corrected chi connectivity index (χ4v) is 6.14. The first-order chi connectivity index (χ1) is 27.3. The zero-order valence-corrected chi connectivity index (χ0v) is 32.2. The normalized spacial score (nSPS) is 10.9. The minimum atomic E-state index is -0.309. The Balaban J connectivity index is 0.997. The van der Waals surface area contributed by atoms with Gasteiger partial charge in [-0.3, -0.25) is 33.7 Å². The van der Waals surface area contributed by atoms with Gasteiger partial charge in [0.15, 0.2) is 11.6 Å². The van der Waals surface area contributed by atoms with Crippen LogP contribution in [0.2, 0.25) is 0 Å². The third-order valence-electron chi connectivity index (χ3n) is 9.33. The summed E-state index contributed by atoms with van der Waals surface area (Å²) < 4.78 is 6.39. The third-order valence-corrected chi connectivity index (χ3v) is 9.33. The molecule has 3 aromatic heterocycles. The summed E-state index contributed by atoms with van der Waals surface area (Å²) in [6.07, 6.45) is 9.82. The number of carbonyl (C=O) groups is 3. The highest BCUT2D eigenvalue weighted by molar-refractivity contribution is 5.95. The van der Waals surface area contributed by atoms with Gasteiger partial charge in [-0.15, -0.1) is 0 Å². The van der Waals surface area contributed by atoms with Crippen molar-refractivity contribution in [3.05, 3.63) is 198 Å². The summed E-state index contributed by atoms with van der Waals surface area (Å²) in [7, 11) is 6.69. The molecule has 0 bridgehead atoms. The zero-order valence-electron chi connectivity index (χ0n) is 32.2. The number of pyridine rings is 1. The summed E-state index contributed by atoms with van der Waals surface area (Å²) in [6, 6.07) is 25.7. The van der Waals surface area contributed by atoms with E-state index < -0.39 is 0 Å². The van der Waals surface area contributed by atoms with Gasteiger partial charge in [-0.1, -0.05) is 36.4 Å². The van der Waals surface area contributed by atoms with Crippen molar-refractivity contribution in [2.75, 3.05) is 28.2 Å². The van der Waals surface area contributed by atoms with Crippen LogP contribution < -0.4 is 21.1 Å². The summed E-state index contributed by atoms with van der Waals surface area (Å²) in [5, 5.41) is 4.30. The average molecular weight is 768 g/mol. The van der Waals surface area contributed by atoms with E-state index in [9.17, 15) is 28.8 Å². The van der Waals surface area contributed by atoms with Gasteiger partial charge in [0.2, 0.25) is 12.9 Å². The number of hydrogen-bond donors (Lipinski definition) is 0. The van der Waals surface area contributed by atoms with Crippen molar-refractivity contribution in [3.63, 3.8) is 0 Å². The summed E-state index contributed by atoms with van der Waals surface area (Å²) in [4.78, 5) is 80.2. The van der Waals surface area contributed by atoms with Gasteiger partial charge < -0.3 is 18.9 Å². The Hall–Kier alpha value is -7.22. The summed E-state index contributed by atoms with van der Waals surface area (Å²) in [5.41, 5.74) is 4.11. The molecule has 6 rings (SSSR count). The number of benzene rings is 3. The maximum Gasteiger partial charge on any atom is 0.315 e. The molecule has 0 radical (unpaired) electrons. The molecule has 6 aromatic rings. The van der Waals surface area contributed by atoms with Crippen LogP contribution in [0, 0.1) is 0 Å². The van der Waals surface area contributed by atoms with Crippen molar-refractivity contribution in [3.8, 4) is 0 Å². The van der Waals surface area contributed by atoms with E-state index in [1.807, 2.05) is 16.7 Å². The Kier molecular flexibility index (Phi) is 12.1. The van der Waals surface area contributed by atoms with Gasteiger partial charge >= 0.3 is 5.56 Å². The molecule has 0 atom stereocenters. The molecule has 0 fully saturated rings. The monoisotopic (exact) mass is 767 g/mol. The molecule has 290 valence electrons. The lowest BCUT2D eigenvalue weighted by atomic mass is 10.1. The minimum Gasteiger partial charge on any atom is -0.350 e. The van der Waals surface area contributed by atoms with E-state index in [1.54, 1.807) is 129 Å². The van der Waals surface area contributed by atoms with E-state index >= 15 is 0 Å². The molecule has 0 N–H and O–H groups in total. The minimum absolute atomic E-state index is 0.0528. The highest BCUT2D eigenvalue weighted by Crippen LogP contribution is 2.12. The molecule has 0 unspecified atom stereocenters. The van der Waals surface area contributed by atoms with Crippen LogP contribution in [-0.2, 0) is 32.8 Å². The van der Waals surface area contributed by atoms with Crippen LogP contribution in [0.25, 0.3) is 0 Å². The predicted octanol–water partition coefficient (Wildman–Crippen LogP) is 2.70. The van der Waals surface area contributed by atoms with Crippen LogP contribution in [0.4, 0.5) is 0 Å². The van der Waals surface area contributed by atoms with E-state index in [2.05, 4.69) is 5.10 Å². The smallest absolute Gasteiger partial charge is 0.315 e. The number of amides is 3. The molecule has 3 heterocycles. The molecular formula is C43H43N8O6+. The van der Waals surface area contributed by atoms with E-state index in [0.717, 1.165) is 16.7 Å². The second-order valence-electron chi connectivity index (χ2n) is 14.1. The predicted molar refractivity (Wildman–Crippen MR) is 213 cm³/mol. The molecule has 0 saturated heterocycles. The first-order valence-electron chi connectivity index (χ1n) is 18.1. The summed E-state index contributed by atoms with van der Waals surface area (Å²) in [5.74, 6) is -0.538. The number of hydrogen-bond acceptors (Lipinski definition) is 7. The van der Waals surface area contributed by atoms with Gasteiger partial charge in [0.05, 0.1) is 25.5 Å². The van der Waals surface area contributed by atoms with Crippen molar-refractivity contribution in [2.45, 2.75) is 32.8 Å². The standard InChI is InChI=1S/C43H43N8O6/c1-45(2)41(55)35-11-9-33(10-12-35)28-51-39(53)23-34(24-44-51)25-46(3)42(56)36-15-7-32(8-16-36)27-50-22-21-49(29-40(50)54)30-47(4)43(57)37-13-5-31(6-14-37)26-48-19-17-38(52)18-20-48/h5-24,29H,25-28,30H2,1-4H3/q+1.